The fraction of sp³-hybridized carbons (Fsp3) is 0.0952. The van der Waals surface area contributed by atoms with E-state index >= 15 is 0 Å². The van der Waals surface area contributed by atoms with Crippen LogP contribution in [0.2, 0.25) is 0 Å². The first-order chi connectivity index (χ1) is 13.5. The van der Waals surface area contributed by atoms with Crippen molar-refractivity contribution in [1.82, 2.24) is 4.98 Å². The van der Waals surface area contributed by atoms with Gasteiger partial charge in [-0.1, -0.05) is 42.5 Å². The molecule has 0 bridgehead atoms. The molecule has 1 heterocycles. The zero-order chi connectivity index (χ0) is 19.9. The number of amides is 1. The molecule has 6 nitrogen and oxygen atoms in total. The van der Waals surface area contributed by atoms with Crippen molar-refractivity contribution in [2.45, 2.75) is 11.5 Å². The minimum absolute atomic E-state index is 0.197. The maximum Gasteiger partial charge on any atom is 0.354 e. The number of carboxylic acid groups (broad SMARTS) is 1. The summed E-state index contributed by atoms with van der Waals surface area (Å²) in [7, 11) is -1.07. The normalized spacial score (nSPS) is 11.6. The van der Waals surface area contributed by atoms with Crippen molar-refractivity contribution in [3.05, 3.63) is 95.3 Å². The molecule has 0 aliphatic heterocycles. The van der Waals surface area contributed by atoms with Gasteiger partial charge in [-0.05, 0) is 35.4 Å². The van der Waals surface area contributed by atoms with E-state index < -0.39 is 22.7 Å². The number of nitrogens with zero attached hydrogens (tertiary/aromatic N) is 1. The van der Waals surface area contributed by atoms with E-state index in [9.17, 15) is 13.8 Å². The lowest BCUT2D eigenvalue weighted by molar-refractivity contribution is 0.0690. The van der Waals surface area contributed by atoms with Gasteiger partial charge >= 0.3 is 5.97 Å². The first-order valence-corrected chi connectivity index (χ1v) is 9.98. The van der Waals surface area contributed by atoms with Crippen LogP contribution in [0, 0.1) is 0 Å². The van der Waals surface area contributed by atoms with Crippen LogP contribution in [0.15, 0.2) is 72.9 Å². The number of rotatable bonds is 7. The van der Waals surface area contributed by atoms with E-state index in [0.717, 1.165) is 11.1 Å². The SMILES string of the molecule is O=C(Nc1cccc(CS(=O)Cc2ccccc2)c1)c1ccnc(C(=O)O)c1. The molecule has 1 amide bonds. The van der Waals surface area contributed by atoms with Gasteiger partial charge in [0.05, 0.1) is 0 Å². The van der Waals surface area contributed by atoms with Crippen LogP contribution >= 0.6 is 0 Å². The topological polar surface area (TPSA) is 96.4 Å². The van der Waals surface area contributed by atoms with Crippen molar-refractivity contribution >= 4 is 28.4 Å². The number of carbonyl (C=O) groups excluding carboxylic acids is 1. The maximum atomic E-state index is 12.4. The predicted octanol–water partition coefficient (Wildman–Crippen LogP) is 3.48. The number of anilines is 1. The van der Waals surface area contributed by atoms with Crippen molar-refractivity contribution in [3.8, 4) is 0 Å². The Bertz CT molecular complexity index is 1020. The number of hydrogen-bond acceptors (Lipinski definition) is 4. The first-order valence-electron chi connectivity index (χ1n) is 8.50. The highest BCUT2D eigenvalue weighted by atomic mass is 32.2. The van der Waals surface area contributed by atoms with Crippen molar-refractivity contribution in [1.29, 1.82) is 0 Å². The standard InChI is InChI=1S/C21H18N2O4S/c24-20(17-9-10-22-19(12-17)21(25)26)23-18-8-4-7-16(11-18)14-28(27)13-15-5-2-1-3-6-15/h1-12H,13-14H2,(H,23,24)(H,25,26). The van der Waals surface area contributed by atoms with Crippen LogP contribution in [-0.4, -0.2) is 26.2 Å². The fourth-order valence-corrected chi connectivity index (χ4v) is 3.85. The van der Waals surface area contributed by atoms with Gasteiger partial charge in [0.2, 0.25) is 0 Å². The summed E-state index contributed by atoms with van der Waals surface area (Å²) >= 11 is 0. The summed E-state index contributed by atoms with van der Waals surface area (Å²) in [5, 5.41) is 11.7. The molecule has 1 unspecified atom stereocenters. The summed E-state index contributed by atoms with van der Waals surface area (Å²) in [6, 6.07) is 19.4. The monoisotopic (exact) mass is 394 g/mol. The van der Waals surface area contributed by atoms with Gasteiger partial charge in [-0.3, -0.25) is 9.00 Å². The van der Waals surface area contributed by atoms with Gasteiger partial charge in [-0.2, -0.15) is 0 Å². The number of hydrogen-bond donors (Lipinski definition) is 2. The average molecular weight is 394 g/mol. The lowest BCUT2D eigenvalue weighted by Gasteiger charge is -2.08. The van der Waals surface area contributed by atoms with Gasteiger partial charge in [-0.25, -0.2) is 9.78 Å². The summed E-state index contributed by atoms with van der Waals surface area (Å²) in [4.78, 5) is 27.1. The lowest BCUT2D eigenvalue weighted by Crippen LogP contribution is -2.13. The van der Waals surface area contributed by atoms with E-state index in [1.807, 2.05) is 36.4 Å². The van der Waals surface area contributed by atoms with Crippen molar-refractivity contribution < 1.29 is 18.9 Å². The molecule has 0 aliphatic rings. The van der Waals surface area contributed by atoms with Crippen molar-refractivity contribution in [2.75, 3.05) is 5.32 Å². The predicted molar refractivity (Wildman–Crippen MR) is 108 cm³/mol. The summed E-state index contributed by atoms with van der Waals surface area (Å²) in [5.41, 5.74) is 2.40. The van der Waals surface area contributed by atoms with E-state index in [1.165, 1.54) is 18.3 Å². The second kappa shape index (κ2) is 9.05. The van der Waals surface area contributed by atoms with E-state index in [0.29, 0.717) is 17.2 Å². The molecule has 0 spiro atoms. The minimum Gasteiger partial charge on any atom is -0.477 e. The number of carboxylic acids is 1. The molecule has 28 heavy (non-hydrogen) atoms. The van der Waals surface area contributed by atoms with Gasteiger partial charge < -0.3 is 10.4 Å². The van der Waals surface area contributed by atoms with E-state index in [4.69, 9.17) is 5.11 Å². The molecular formula is C21H18N2O4S. The average Bonchev–Trinajstić information content (AvgIpc) is 2.69. The van der Waals surface area contributed by atoms with Crippen LogP contribution < -0.4 is 5.32 Å². The zero-order valence-corrected chi connectivity index (χ0v) is 15.7. The molecule has 0 saturated heterocycles. The highest BCUT2D eigenvalue weighted by Crippen LogP contribution is 2.15. The minimum atomic E-state index is -1.20. The smallest absolute Gasteiger partial charge is 0.354 e. The molecule has 0 aliphatic carbocycles. The third-order valence-corrected chi connectivity index (χ3v) is 5.23. The summed E-state index contributed by atoms with van der Waals surface area (Å²) in [5.74, 6) is -0.798. The van der Waals surface area contributed by atoms with E-state index in [2.05, 4.69) is 10.3 Å². The van der Waals surface area contributed by atoms with Gasteiger partial charge in [0.1, 0.15) is 5.69 Å². The fourth-order valence-electron chi connectivity index (χ4n) is 2.63. The molecule has 7 heteroatoms. The van der Waals surface area contributed by atoms with Crippen LogP contribution in [0.3, 0.4) is 0 Å². The molecule has 0 radical (unpaired) electrons. The molecule has 0 saturated carbocycles. The van der Waals surface area contributed by atoms with Crippen LogP contribution in [0.25, 0.3) is 0 Å². The molecule has 3 rings (SSSR count). The Balaban J connectivity index is 1.66. The van der Waals surface area contributed by atoms with Gasteiger partial charge in [0, 0.05) is 39.8 Å². The number of carbonyl (C=O) groups is 2. The molecule has 1 aromatic heterocycles. The quantitative estimate of drug-likeness (QED) is 0.640. The summed E-state index contributed by atoms with van der Waals surface area (Å²) in [6.45, 7) is 0. The van der Waals surface area contributed by atoms with E-state index in [-0.39, 0.29) is 11.3 Å². The Morgan fingerprint density at radius 2 is 1.64 bits per heavy atom. The highest BCUT2D eigenvalue weighted by molar-refractivity contribution is 7.83. The van der Waals surface area contributed by atoms with Crippen LogP contribution in [0.4, 0.5) is 5.69 Å². The number of nitrogens with one attached hydrogen (secondary N) is 1. The third-order valence-electron chi connectivity index (χ3n) is 3.92. The van der Waals surface area contributed by atoms with Gasteiger partial charge in [0.15, 0.2) is 0 Å². The largest absolute Gasteiger partial charge is 0.477 e. The number of aromatic nitrogens is 1. The van der Waals surface area contributed by atoms with Crippen LogP contribution in [0.5, 0.6) is 0 Å². The molecule has 2 aromatic carbocycles. The Hall–Kier alpha value is -3.32. The van der Waals surface area contributed by atoms with E-state index in [1.54, 1.807) is 18.2 Å². The molecule has 1 atom stereocenters. The molecule has 3 aromatic rings. The molecule has 142 valence electrons. The van der Waals surface area contributed by atoms with Crippen LogP contribution in [0.1, 0.15) is 32.0 Å². The second-order valence-corrected chi connectivity index (χ2v) is 7.56. The van der Waals surface area contributed by atoms with Crippen LogP contribution in [-0.2, 0) is 22.3 Å². The van der Waals surface area contributed by atoms with Gasteiger partial charge in [-0.15, -0.1) is 0 Å². The lowest BCUT2D eigenvalue weighted by atomic mass is 10.2. The zero-order valence-electron chi connectivity index (χ0n) is 14.9. The second-order valence-electron chi connectivity index (χ2n) is 6.10. The van der Waals surface area contributed by atoms with Gasteiger partial charge in [0.25, 0.3) is 5.91 Å². The summed E-state index contributed by atoms with van der Waals surface area (Å²) in [6.07, 6.45) is 1.28. The first kappa shape index (κ1) is 19.4. The summed E-state index contributed by atoms with van der Waals surface area (Å²) < 4.78 is 12.4. The molecular weight excluding hydrogens is 376 g/mol. The molecule has 0 fully saturated rings. The Morgan fingerprint density at radius 1 is 0.929 bits per heavy atom. The maximum absolute atomic E-state index is 12.4. The highest BCUT2D eigenvalue weighted by Gasteiger charge is 2.11. The van der Waals surface area contributed by atoms with Crippen molar-refractivity contribution in [3.63, 3.8) is 0 Å². The Labute approximate surface area is 164 Å². The number of benzene rings is 2. The Kier molecular flexibility index (Phi) is 6.29. The molecule has 2 N–H and O–H groups in total. The van der Waals surface area contributed by atoms with Crippen molar-refractivity contribution in [2.24, 2.45) is 0 Å². The number of aromatic carboxylic acids is 1. The Morgan fingerprint density at radius 3 is 2.39 bits per heavy atom. The number of pyridine rings is 1. The third kappa shape index (κ3) is 5.34.